The van der Waals surface area contributed by atoms with Gasteiger partial charge >= 0.3 is 0 Å². The molecule has 5 heteroatoms. The molecule has 0 fully saturated rings. The van der Waals surface area contributed by atoms with Crippen molar-refractivity contribution >= 4 is 17.5 Å². The first-order chi connectivity index (χ1) is 8.50. The normalized spacial score (nSPS) is 18.2. The third-order valence-corrected chi connectivity index (χ3v) is 2.85. The minimum atomic E-state index is -0.789. The monoisotopic (exact) mass is 248 g/mol. The maximum absolute atomic E-state index is 12.1. The number of nitrogens with two attached hydrogens (primary N) is 1. The number of rotatable bonds is 2. The molecule has 1 aromatic carbocycles. The van der Waals surface area contributed by atoms with Gasteiger partial charge < -0.3 is 15.4 Å². The van der Waals surface area contributed by atoms with Gasteiger partial charge in [-0.05, 0) is 12.1 Å². The highest BCUT2D eigenvalue weighted by atomic mass is 16.5. The van der Waals surface area contributed by atoms with Crippen molar-refractivity contribution in [3.63, 3.8) is 0 Å². The molecule has 0 aliphatic carbocycles. The molecule has 1 aliphatic rings. The Morgan fingerprint density at radius 3 is 2.67 bits per heavy atom. The van der Waals surface area contributed by atoms with Gasteiger partial charge in [-0.3, -0.25) is 9.59 Å². The van der Waals surface area contributed by atoms with Crippen molar-refractivity contribution in [2.24, 2.45) is 11.7 Å². The van der Waals surface area contributed by atoms with Crippen LogP contribution in [0.2, 0.25) is 0 Å². The summed E-state index contributed by atoms with van der Waals surface area (Å²) in [5, 5.41) is 0. The number of nitrogens with zero attached hydrogens (tertiary/aromatic N) is 1. The van der Waals surface area contributed by atoms with Crippen molar-refractivity contribution in [1.82, 2.24) is 0 Å². The highest BCUT2D eigenvalue weighted by Gasteiger charge is 2.33. The van der Waals surface area contributed by atoms with Crippen LogP contribution in [0.25, 0.3) is 0 Å². The second-order valence-corrected chi connectivity index (χ2v) is 4.58. The Bertz CT molecular complexity index is 485. The average molecular weight is 248 g/mol. The predicted molar refractivity (Wildman–Crippen MR) is 67.2 cm³/mol. The molecule has 0 saturated carbocycles. The van der Waals surface area contributed by atoms with Crippen LogP contribution in [-0.4, -0.2) is 24.5 Å². The molecule has 2 rings (SSSR count). The first kappa shape index (κ1) is 12.4. The van der Waals surface area contributed by atoms with Gasteiger partial charge in [-0.15, -0.1) is 0 Å². The number of para-hydroxylation sites is 2. The van der Waals surface area contributed by atoms with Gasteiger partial charge in [0.2, 0.25) is 5.91 Å². The zero-order valence-electron chi connectivity index (χ0n) is 10.4. The van der Waals surface area contributed by atoms with E-state index in [0.717, 1.165) is 0 Å². The lowest BCUT2D eigenvalue weighted by Gasteiger charge is -2.34. The van der Waals surface area contributed by atoms with Crippen LogP contribution in [0, 0.1) is 5.92 Å². The van der Waals surface area contributed by atoms with Crippen molar-refractivity contribution < 1.29 is 14.3 Å². The third-order valence-electron chi connectivity index (χ3n) is 2.85. The van der Waals surface area contributed by atoms with Crippen LogP contribution in [0.5, 0.6) is 5.75 Å². The van der Waals surface area contributed by atoms with E-state index in [9.17, 15) is 9.59 Å². The van der Waals surface area contributed by atoms with Gasteiger partial charge in [0.05, 0.1) is 12.2 Å². The summed E-state index contributed by atoms with van der Waals surface area (Å²) in [5.74, 6) is -0.241. The number of hydrogen-bond donors (Lipinski definition) is 1. The van der Waals surface area contributed by atoms with Gasteiger partial charge in [0.1, 0.15) is 5.75 Å². The quantitative estimate of drug-likeness (QED) is 0.846. The smallest absolute Gasteiger partial charge is 0.260 e. The lowest BCUT2D eigenvalue weighted by atomic mass is 10.1. The number of amides is 2. The van der Waals surface area contributed by atoms with Crippen molar-refractivity contribution in [2.75, 3.05) is 11.4 Å². The number of carbonyl (C=O) groups is 2. The molecule has 0 bridgehead atoms. The van der Waals surface area contributed by atoms with E-state index in [1.807, 2.05) is 19.9 Å². The van der Waals surface area contributed by atoms with Crippen LogP contribution in [0.4, 0.5) is 5.69 Å². The molecule has 0 radical (unpaired) electrons. The predicted octanol–water partition coefficient (Wildman–Crippen LogP) is 0.922. The fourth-order valence-corrected chi connectivity index (χ4v) is 1.90. The highest BCUT2D eigenvalue weighted by molar-refractivity contribution is 5.98. The van der Waals surface area contributed by atoms with Gasteiger partial charge in [-0.1, -0.05) is 26.0 Å². The van der Waals surface area contributed by atoms with Crippen molar-refractivity contribution in [1.29, 1.82) is 0 Å². The average Bonchev–Trinajstić information content (AvgIpc) is 2.36. The first-order valence-corrected chi connectivity index (χ1v) is 5.87. The molecule has 1 unspecified atom stereocenters. The Labute approximate surface area is 106 Å². The molecule has 0 saturated heterocycles. The SMILES string of the molecule is CC(C)C(=O)N1CC(C(N)=O)Oc2ccccc21. The van der Waals surface area contributed by atoms with Crippen LogP contribution in [0.15, 0.2) is 24.3 Å². The molecule has 0 aromatic heterocycles. The Hall–Kier alpha value is -2.04. The molecule has 1 heterocycles. The number of benzene rings is 1. The van der Waals surface area contributed by atoms with E-state index < -0.39 is 12.0 Å². The topological polar surface area (TPSA) is 72.6 Å². The number of carbonyl (C=O) groups excluding carboxylic acids is 2. The Morgan fingerprint density at radius 2 is 2.06 bits per heavy atom. The van der Waals surface area contributed by atoms with Crippen LogP contribution in [0.3, 0.4) is 0 Å². The molecule has 96 valence electrons. The fourth-order valence-electron chi connectivity index (χ4n) is 1.90. The molecule has 18 heavy (non-hydrogen) atoms. The van der Waals surface area contributed by atoms with Crippen LogP contribution < -0.4 is 15.4 Å². The van der Waals surface area contributed by atoms with E-state index in [4.69, 9.17) is 10.5 Å². The summed E-state index contributed by atoms with van der Waals surface area (Å²) in [5.41, 5.74) is 5.95. The van der Waals surface area contributed by atoms with E-state index >= 15 is 0 Å². The number of primary amides is 1. The van der Waals surface area contributed by atoms with E-state index in [1.165, 1.54) is 0 Å². The van der Waals surface area contributed by atoms with E-state index in [-0.39, 0.29) is 18.4 Å². The second kappa shape index (κ2) is 4.68. The molecule has 2 amide bonds. The summed E-state index contributed by atoms with van der Waals surface area (Å²) < 4.78 is 5.49. The Morgan fingerprint density at radius 1 is 1.39 bits per heavy atom. The summed E-state index contributed by atoms with van der Waals surface area (Å²) in [7, 11) is 0. The summed E-state index contributed by atoms with van der Waals surface area (Å²) in [6.45, 7) is 3.81. The van der Waals surface area contributed by atoms with Gasteiger partial charge in [0.25, 0.3) is 5.91 Å². The maximum atomic E-state index is 12.1. The van der Waals surface area contributed by atoms with Gasteiger partial charge in [0, 0.05) is 5.92 Å². The molecule has 1 aliphatic heterocycles. The lowest BCUT2D eigenvalue weighted by molar-refractivity contribution is -0.126. The molecule has 0 spiro atoms. The molecule has 1 atom stereocenters. The number of ether oxygens (including phenoxy) is 1. The summed E-state index contributed by atoms with van der Waals surface area (Å²) in [4.78, 5) is 25.0. The molecule has 5 nitrogen and oxygen atoms in total. The Balaban J connectivity index is 2.39. The number of fused-ring (bicyclic) bond motifs is 1. The third kappa shape index (κ3) is 2.16. The first-order valence-electron chi connectivity index (χ1n) is 5.87. The minimum absolute atomic E-state index is 0.0444. The zero-order valence-corrected chi connectivity index (χ0v) is 10.4. The largest absolute Gasteiger partial charge is 0.477 e. The van der Waals surface area contributed by atoms with Gasteiger partial charge in [-0.2, -0.15) is 0 Å². The van der Waals surface area contributed by atoms with Crippen LogP contribution in [-0.2, 0) is 9.59 Å². The number of anilines is 1. The summed E-state index contributed by atoms with van der Waals surface area (Å²) in [6.07, 6.45) is -0.789. The zero-order chi connectivity index (χ0) is 13.3. The molecule has 1 aromatic rings. The maximum Gasteiger partial charge on any atom is 0.260 e. The summed E-state index contributed by atoms with van der Waals surface area (Å²) in [6, 6.07) is 7.14. The van der Waals surface area contributed by atoms with Gasteiger partial charge in [0.15, 0.2) is 6.10 Å². The summed E-state index contributed by atoms with van der Waals surface area (Å²) >= 11 is 0. The van der Waals surface area contributed by atoms with Crippen LogP contribution in [0.1, 0.15) is 13.8 Å². The lowest BCUT2D eigenvalue weighted by Crippen LogP contribution is -2.50. The number of hydrogen-bond acceptors (Lipinski definition) is 3. The minimum Gasteiger partial charge on any atom is -0.477 e. The molecule has 2 N–H and O–H groups in total. The fraction of sp³-hybridized carbons (Fsp3) is 0.385. The van der Waals surface area contributed by atoms with E-state index in [2.05, 4.69) is 0 Å². The Kier molecular flexibility index (Phi) is 3.23. The highest BCUT2D eigenvalue weighted by Crippen LogP contribution is 2.33. The second-order valence-electron chi connectivity index (χ2n) is 4.58. The van der Waals surface area contributed by atoms with E-state index in [1.54, 1.807) is 23.1 Å². The van der Waals surface area contributed by atoms with E-state index in [0.29, 0.717) is 11.4 Å². The van der Waals surface area contributed by atoms with Crippen molar-refractivity contribution in [2.45, 2.75) is 20.0 Å². The van der Waals surface area contributed by atoms with Crippen LogP contribution >= 0.6 is 0 Å². The van der Waals surface area contributed by atoms with Gasteiger partial charge in [-0.25, -0.2) is 0 Å². The standard InChI is InChI=1S/C13H16N2O3/c1-8(2)13(17)15-7-11(12(14)16)18-10-6-4-3-5-9(10)15/h3-6,8,11H,7H2,1-2H3,(H2,14,16). The van der Waals surface area contributed by atoms with Crippen molar-refractivity contribution in [3.05, 3.63) is 24.3 Å². The molecular formula is C13H16N2O3. The van der Waals surface area contributed by atoms with Crippen molar-refractivity contribution in [3.8, 4) is 5.75 Å². The molecular weight excluding hydrogens is 232 g/mol.